The predicted molar refractivity (Wildman–Crippen MR) is 77.5 cm³/mol. The van der Waals surface area contributed by atoms with Gasteiger partial charge in [0.2, 0.25) is 5.91 Å². The Kier molecular flexibility index (Phi) is 4.10. The largest absolute Gasteiger partial charge is 0.478 e. The third kappa shape index (κ3) is 2.55. The van der Waals surface area contributed by atoms with E-state index in [-0.39, 0.29) is 11.5 Å². The fourth-order valence-corrected chi connectivity index (χ4v) is 3.38. The number of piperidine rings is 1. The van der Waals surface area contributed by atoms with E-state index in [9.17, 15) is 14.7 Å². The molecule has 2 heterocycles. The van der Waals surface area contributed by atoms with Crippen molar-refractivity contribution in [2.24, 2.45) is 0 Å². The van der Waals surface area contributed by atoms with Gasteiger partial charge in [-0.3, -0.25) is 4.79 Å². The molecule has 1 amide bonds. The Labute approximate surface area is 122 Å². The molecule has 1 saturated heterocycles. The number of nitrogens with zero attached hydrogens (tertiary/aromatic N) is 2. The van der Waals surface area contributed by atoms with E-state index >= 15 is 0 Å². The van der Waals surface area contributed by atoms with Gasteiger partial charge in [-0.1, -0.05) is 0 Å². The molecule has 0 saturated carbocycles. The van der Waals surface area contributed by atoms with Crippen LogP contribution in [0, 0.1) is 6.92 Å². The normalized spacial score (nSPS) is 22.6. The molecular formula is C13H19N3O3S. The number of carbonyl (C=O) groups is 2. The smallest absolute Gasteiger partial charge is 0.340 e. The maximum atomic E-state index is 12.7. The van der Waals surface area contributed by atoms with Gasteiger partial charge in [0, 0.05) is 7.05 Å². The predicted octanol–water partition coefficient (Wildman–Crippen LogP) is 1.64. The lowest BCUT2D eigenvalue weighted by molar-refractivity contribution is -0.124. The van der Waals surface area contributed by atoms with Crippen LogP contribution in [-0.4, -0.2) is 40.5 Å². The van der Waals surface area contributed by atoms with E-state index in [1.54, 1.807) is 14.0 Å². The number of likely N-dealkylation sites (N-methyl/N-ethyl adjacent to an activating group) is 1. The minimum absolute atomic E-state index is 0.108. The molecule has 6 nitrogen and oxygen atoms in total. The monoisotopic (exact) mass is 297 g/mol. The molecule has 0 aliphatic carbocycles. The van der Waals surface area contributed by atoms with E-state index in [1.807, 2.05) is 6.92 Å². The molecule has 110 valence electrons. The lowest BCUT2D eigenvalue weighted by Gasteiger charge is -2.36. The zero-order chi connectivity index (χ0) is 14.9. The molecule has 1 aliphatic rings. The maximum absolute atomic E-state index is 12.7. The first-order valence-electron chi connectivity index (χ1n) is 6.59. The van der Waals surface area contributed by atoms with Crippen LogP contribution in [0.25, 0.3) is 0 Å². The zero-order valence-electron chi connectivity index (χ0n) is 11.9. The van der Waals surface area contributed by atoms with Crippen LogP contribution in [0.3, 0.4) is 0 Å². The van der Waals surface area contributed by atoms with Gasteiger partial charge in [0.15, 0.2) is 0 Å². The van der Waals surface area contributed by atoms with Crippen LogP contribution in [0.4, 0.5) is 5.00 Å². The van der Waals surface area contributed by atoms with Crippen LogP contribution in [0.1, 0.15) is 42.2 Å². The number of hydrogen-bond acceptors (Lipinski definition) is 5. The van der Waals surface area contributed by atoms with Crippen molar-refractivity contribution in [1.29, 1.82) is 0 Å². The summed E-state index contributed by atoms with van der Waals surface area (Å²) in [5.74, 6) is -1.16. The van der Waals surface area contributed by atoms with Crippen molar-refractivity contribution in [3.05, 3.63) is 11.3 Å². The number of nitrogens with one attached hydrogen (secondary N) is 1. The van der Waals surface area contributed by atoms with Crippen molar-refractivity contribution in [2.75, 3.05) is 18.5 Å². The van der Waals surface area contributed by atoms with Gasteiger partial charge in [0.25, 0.3) is 0 Å². The second kappa shape index (κ2) is 5.49. The number of rotatable bonds is 3. The van der Waals surface area contributed by atoms with Crippen molar-refractivity contribution in [3.63, 3.8) is 0 Å². The molecule has 1 atom stereocenters. The summed E-state index contributed by atoms with van der Waals surface area (Å²) in [4.78, 5) is 25.4. The summed E-state index contributed by atoms with van der Waals surface area (Å²) in [5, 5.41) is 12.9. The standard InChI is InChI=1S/C13H19N3O3S/c1-8-9(11(17)18)10(20-15-8)16(3)12(19)13(2)6-4-5-7-14-13/h14H,4-7H2,1-3H3,(H,17,18). The molecule has 1 fully saturated rings. The van der Waals surface area contributed by atoms with Gasteiger partial charge < -0.3 is 15.3 Å². The molecule has 7 heteroatoms. The fraction of sp³-hybridized carbons (Fsp3) is 0.615. The minimum Gasteiger partial charge on any atom is -0.478 e. The Hall–Kier alpha value is -1.47. The summed E-state index contributed by atoms with van der Waals surface area (Å²) in [6, 6.07) is 0. The van der Waals surface area contributed by atoms with Crippen molar-refractivity contribution in [3.8, 4) is 0 Å². The number of aryl methyl sites for hydroxylation is 1. The summed E-state index contributed by atoms with van der Waals surface area (Å²) in [6.07, 6.45) is 2.82. The van der Waals surface area contributed by atoms with Gasteiger partial charge in [-0.25, -0.2) is 4.79 Å². The van der Waals surface area contributed by atoms with Crippen molar-refractivity contribution < 1.29 is 14.7 Å². The second-order valence-electron chi connectivity index (χ2n) is 5.33. The van der Waals surface area contributed by atoms with Gasteiger partial charge in [0.1, 0.15) is 10.6 Å². The molecule has 1 aliphatic heterocycles. The average Bonchev–Trinajstić information content (AvgIpc) is 2.80. The molecule has 20 heavy (non-hydrogen) atoms. The Balaban J connectivity index is 2.29. The lowest BCUT2D eigenvalue weighted by Crippen LogP contribution is -2.57. The number of carboxylic acid groups (broad SMARTS) is 1. The number of hydrogen-bond donors (Lipinski definition) is 2. The van der Waals surface area contributed by atoms with Crippen LogP contribution in [0.2, 0.25) is 0 Å². The number of carbonyl (C=O) groups excluding carboxylic acids is 1. The SMILES string of the molecule is Cc1nsc(N(C)C(=O)C2(C)CCCCN2)c1C(=O)O. The Bertz CT molecular complexity index is 535. The van der Waals surface area contributed by atoms with E-state index in [0.29, 0.717) is 10.7 Å². The number of aromatic carboxylic acids is 1. The summed E-state index contributed by atoms with van der Waals surface area (Å²) in [5.41, 5.74) is -0.0649. The number of carboxylic acids is 1. The summed E-state index contributed by atoms with van der Waals surface area (Å²) >= 11 is 1.05. The lowest BCUT2D eigenvalue weighted by atomic mass is 9.89. The zero-order valence-corrected chi connectivity index (χ0v) is 12.7. The molecule has 0 spiro atoms. The highest BCUT2D eigenvalue weighted by Gasteiger charge is 2.38. The third-order valence-corrected chi connectivity index (χ3v) is 4.77. The van der Waals surface area contributed by atoms with Crippen molar-refractivity contribution >= 4 is 28.4 Å². The van der Waals surface area contributed by atoms with E-state index in [1.165, 1.54) is 4.90 Å². The Morgan fingerprint density at radius 3 is 2.70 bits per heavy atom. The van der Waals surface area contributed by atoms with Gasteiger partial charge in [-0.05, 0) is 51.2 Å². The van der Waals surface area contributed by atoms with Crippen LogP contribution >= 0.6 is 11.5 Å². The van der Waals surface area contributed by atoms with E-state index in [4.69, 9.17) is 0 Å². The second-order valence-corrected chi connectivity index (χ2v) is 6.09. The highest BCUT2D eigenvalue weighted by molar-refractivity contribution is 7.11. The first-order chi connectivity index (χ1) is 9.37. The Morgan fingerprint density at radius 1 is 1.45 bits per heavy atom. The summed E-state index contributed by atoms with van der Waals surface area (Å²) < 4.78 is 4.06. The van der Waals surface area contributed by atoms with Crippen LogP contribution in [0.15, 0.2) is 0 Å². The number of amides is 1. The third-order valence-electron chi connectivity index (χ3n) is 3.76. The summed E-state index contributed by atoms with van der Waals surface area (Å²) in [7, 11) is 1.61. The average molecular weight is 297 g/mol. The molecule has 0 aromatic carbocycles. The number of anilines is 1. The minimum atomic E-state index is -1.05. The van der Waals surface area contributed by atoms with Crippen LogP contribution in [0.5, 0.6) is 0 Å². The first-order valence-corrected chi connectivity index (χ1v) is 7.37. The number of aromatic nitrogens is 1. The molecule has 2 N–H and O–H groups in total. The van der Waals surface area contributed by atoms with E-state index < -0.39 is 11.5 Å². The molecule has 0 radical (unpaired) electrons. The molecular weight excluding hydrogens is 278 g/mol. The topological polar surface area (TPSA) is 82.5 Å². The fourth-order valence-electron chi connectivity index (χ4n) is 2.53. The summed E-state index contributed by atoms with van der Waals surface area (Å²) in [6.45, 7) is 4.32. The van der Waals surface area contributed by atoms with Gasteiger partial charge in [-0.2, -0.15) is 4.37 Å². The van der Waals surface area contributed by atoms with E-state index in [2.05, 4.69) is 9.69 Å². The van der Waals surface area contributed by atoms with Crippen molar-refractivity contribution in [2.45, 2.75) is 38.6 Å². The van der Waals surface area contributed by atoms with Crippen LogP contribution < -0.4 is 10.2 Å². The first kappa shape index (κ1) is 14.9. The Morgan fingerprint density at radius 2 is 2.15 bits per heavy atom. The molecule has 0 bridgehead atoms. The molecule has 2 rings (SSSR count). The highest BCUT2D eigenvalue weighted by Crippen LogP contribution is 2.31. The van der Waals surface area contributed by atoms with Gasteiger partial charge in [-0.15, -0.1) is 0 Å². The van der Waals surface area contributed by atoms with Crippen molar-refractivity contribution in [1.82, 2.24) is 9.69 Å². The van der Waals surface area contributed by atoms with Crippen LogP contribution in [-0.2, 0) is 4.79 Å². The highest BCUT2D eigenvalue weighted by atomic mass is 32.1. The molecule has 1 aromatic rings. The molecule has 1 aromatic heterocycles. The maximum Gasteiger partial charge on any atom is 0.340 e. The quantitative estimate of drug-likeness (QED) is 0.886. The van der Waals surface area contributed by atoms with Gasteiger partial charge >= 0.3 is 5.97 Å². The molecule has 1 unspecified atom stereocenters. The van der Waals surface area contributed by atoms with E-state index in [0.717, 1.165) is 37.3 Å². The van der Waals surface area contributed by atoms with Gasteiger partial charge in [0.05, 0.1) is 11.2 Å².